The van der Waals surface area contributed by atoms with Gasteiger partial charge in [-0.1, -0.05) is 35.1 Å². The molecule has 1 aliphatic heterocycles. The molecule has 2 heterocycles. The lowest BCUT2D eigenvalue weighted by atomic mass is 10.1. The van der Waals surface area contributed by atoms with Gasteiger partial charge in [0.1, 0.15) is 0 Å². The number of sulfone groups is 1. The fourth-order valence-corrected chi connectivity index (χ4v) is 5.14. The summed E-state index contributed by atoms with van der Waals surface area (Å²) in [5.74, 6) is -0.0187. The molecular weight excluding hydrogens is 318 g/mol. The number of nitrogens with zero attached hydrogens (tertiary/aromatic N) is 3. The summed E-state index contributed by atoms with van der Waals surface area (Å²) in [6.45, 7) is 5.77. The van der Waals surface area contributed by atoms with Crippen LogP contribution in [0, 0.1) is 13.8 Å². The van der Waals surface area contributed by atoms with Crippen molar-refractivity contribution in [2.75, 3.05) is 18.0 Å². The Hall–Kier alpha value is -1.47. The van der Waals surface area contributed by atoms with Crippen LogP contribution in [0.5, 0.6) is 0 Å². The predicted molar refractivity (Wildman–Crippen MR) is 88.2 cm³/mol. The topological polar surface area (TPSA) is 63.2 Å². The number of hydrogen-bond acceptors (Lipinski definition) is 6. The summed E-state index contributed by atoms with van der Waals surface area (Å²) < 4.78 is 25.3. The highest BCUT2D eigenvalue weighted by Gasteiger charge is 2.24. The second-order valence-corrected chi connectivity index (χ2v) is 8.85. The van der Waals surface area contributed by atoms with Crippen LogP contribution >= 0.6 is 11.3 Å². The first-order valence-corrected chi connectivity index (χ1v) is 9.80. The fourth-order valence-electron chi connectivity index (χ4n) is 2.59. The minimum Gasteiger partial charge on any atom is -0.347 e. The van der Waals surface area contributed by atoms with Crippen molar-refractivity contribution >= 4 is 26.3 Å². The quantitative estimate of drug-likeness (QED) is 0.858. The summed E-state index contributed by atoms with van der Waals surface area (Å²) >= 11 is 1.18. The molecule has 3 rings (SSSR count). The second kappa shape index (κ2) is 5.96. The first kappa shape index (κ1) is 15.4. The average Bonchev–Trinajstić information content (AvgIpc) is 3.12. The average molecular weight is 337 g/mol. The highest BCUT2D eigenvalue weighted by atomic mass is 32.2. The number of aromatic nitrogens is 2. The van der Waals surface area contributed by atoms with Crippen LogP contribution in [-0.2, 0) is 15.6 Å². The molecule has 1 fully saturated rings. The van der Waals surface area contributed by atoms with Gasteiger partial charge < -0.3 is 4.90 Å². The monoisotopic (exact) mass is 337 g/mol. The van der Waals surface area contributed by atoms with Crippen LogP contribution < -0.4 is 4.90 Å². The van der Waals surface area contributed by atoms with Crippen molar-refractivity contribution in [2.45, 2.75) is 36.8 Å². The van der Waals surface area contributed by atoms with Crippen LogP contribution in [0.3, 0.4) is 0 Å². The van der Waals surface area contributed by atoms with Crippen molar-refractivity contribution < 1.29 is 8.42 Å². The normalized spacial score (nSPS) is 15.5. The SMILES string of the molecule is Cc1ccc(C)c(CS(=O)(=O)c2nnc(N3CCCC3)s2)c1. The van der Waals surface area contributed by atoms with Crippen molar-refractivity contribution in [1.82, 2.24) is 10.2 Å². The van der Waals surface area contributed by atoms with Gasteiger partial charge in [-0.3, -0.25) is 0 Å². The Morgan fingerprint density at radius 2 is 1.91 bits per heavy atom. The second-order valence-electron chi connectivity index (χ2n) is 5.73. The molecule has 1 aliphatic rings. The third kappa shape index (κ3) is 3.15. The van der Waals surface area contributed by atoms with E-state index in [0.29, 0.717) is 0 Å². The van der Waals surface area contributed by atoms with Gasteiger partial charge >= 0.3 is 0 Å². The maximum absolute atomic E-state index is 12.6. The van der Waals surface area contributed by atoms with Crippen LogP contribution in [0.15, 0.2) is 22.5 Å². The first-order chi connectivity index (χ1) is 10.5. The van der Waals surface area contributed by atoms with Crippen LogP contribution in [0.25, 0.3) is 0 Å². The van der Waals surface area contributed by atoms with Crippen molar-refractivity contribution in [1.29, 1.82) is 0 Å². The molecule has 1 aromatic heterocycles. The van der Waals surface area contributed by atoms with Crippen LogP contribution in [0.4, 0.5) is 5.13 Å². The van der Waals surface area contributed by atoms with Crippen molar-refractivity contribution in [2.24, 2.45) is 0 Å². The number of aryl methyl sites for hydroxylation is 2. The van der Waals surface area contributed by atoms with Crippen molar-refractivity contribution in [3.8, 4) is 0 Å². The molecule has 0 unspecified atom stereocenters. The number of hydrogen-bond donors (Lipinski definition) is 0. The van der Waals surface area contributed by atoms with E-state index in [-0.39, 0.29) is 10.1 Å². The molecule has 1 aromatic carbocycles. The minimum atomic E-state index is -3.44. The lowest BCUT2D eigenvalue weighted by Gasteiger charge is -2.11. The van der Waals surface area contributed by atoms with Gasteiger partial charge in [0.2, 0.25) is 19.3 Å². The number of rotatable bonds is 4. The largest absolute Gasteiger partial charge is 0.347 e. The zero-order chi connectivity index (χ0) is 15.7. The highest BCUT2D eigenvalue weighted by molar-refractivity contribution is 7.92. The molecule has 0 bridgehead atoms. The van der Waals surface area contributed by atoms with Crippen molar-refractivity contribution in [3.63, 3.8) is 0 Å². The molecule has 0 spiro atoms. The van der Waals surface area contributed by atoms with Gasteiger partial charge in [0.15, 0.2) is 0 Å². The maximum Gasteiger partial charge on any atom is 0.234 e. The Kier molecular flexibility index (Phi) is 4.18. The van der Waals surface area contributed by atoms with Gasteiger partial charge in [0.05, 0.1) is 5.75 Å². The Bertz CT molecular complexity index is 778. The molecule has 22 heavy (non-hydrogen) atoms. The van der Waals surface area contributed by atoms with Gasteiger partial charge in [-0.2, -0.15) is 0 Å². The van der Waals surface area contributed by atoms with Gasteiger partial charge in [0.25, 0.3) is 0 Å². The van der Waals surface area contributed by atoms with Crippen LogP contribution in [0.2, 0.25) is 0 Å². The van der Waals surface area contributed by atoms with E-state index in [9.17, 15) is 8.42 Å². The summed E-state index contributed by atoms with van der Waals surface area (Å²) in [4.78, 5) is 2.11. The smallest absolute Gasteiger partial charge is 0.234 e. The minimum absolute atomic E-state index is 0.0187. The Morgan fingerprint density at radius 1 is 1.18 bits per heavy atom. The Balaban J connectivity index is 1.85. The van der Waals surface area contributed by atoms with E-state index in [1.165, 1.54) is 11.3 Å². The third-order valence-corrected chi connectivity index (χ3v) is 6.98. The van der Waals surface area contributed by atoms with E-state index in [1.807, 2.05) is 32.0 Å². The molecule has 0 saturated carbocycles. The summed E-state index contributed by atoms with van der Waals surface area (Å²) in [5, 5.41) is 8.70. The van der Waals surface area contributed by atoms with Gasteiger partial charge in [-0.05, 0) is 37.8 Å². The molecule has 1 saturated heterocycles. The lowest BCUT2D eigenvalue weighted by molar-refractivity contribution is 0.593. The standard InChI is InChI=1S/C15H19N3O2S2/c1-11-5-6-12(2)13(9-11)10-22(19,20)15-17-16-14(21-15)18-7-3-4-8-18/h5-6,9H,3-4,7-8,10H2,1-2H3. The van der Waals surface area contributed by atoms with Gasteiger partial charge in [0, 0.05) is 13.1 Å². The van der Waals surface area contributed by atoms with Crippen LogP contribution in [-0.4, -0.2) is 31.7 Å². The van der Waals surface area contributed by atoms with E-state index in [4.69, 9.17) is 0 Å². The van der Waals surface area contributed by atoms with Gasteiger partial charge in [-0.25, -0.2) is 8.42 Å². The Labute approximate surface area is 134 Å². The zero-order valence-electron chi connectivity index (χ0n) is 12.7. The summed E-state index contributed by atoms with van der Waals surface area (Å²) in [7, 11) is -3.44. The van der Waals surface area contributed by atoms with Crippen molar-refractivity contribution in [3.05, 3.63) is 34.9 Å². The molecule has 7 heteroatoms. The molecule has 118 valence electrons. The summed E-state index contributed by atoms with van der Waals surface area (Å²) in [6, 6.07) is 5.87. The molecule has 0 amide bonds. The maximum atomic E-state index is 12.6. The van der Waals surface area contributed by atoms with Gasteiger partial charge in [-0.15, -0.1) is 10.2 Å². The van der Waals surface area contributed by atoms with E-state index in [2.05, 4.69) is 15.1 Å². The van der Waals surface area contributed by atoms with E-state index >= 15 is 0 Å². The zero-order valence-corrected chi connectivity index (χ0v) is 14.4. The first-order valence-electron chi connectivity index (χ1n) is 7.33. The number of benzene rings is 1. The molecule has 0 atom stereocenters. The van der Waals surface area contributed by atoms with E-state index < -0.39 is 9.84 Å². The molecule has 0 aliphatic carbocycles. The van der Waals surface area contributed by atoms with Crippen LogP contribution in [0.1, 0.15) is 29.5 Å². The summed E-state index contributed by atoms with van der Waals surface area (Å²) in [5.41, 5.74) is 2.88. The molecular formula is C15H19N3O2S2. The summed E-state index contributed by atoms with van der Waals surface area (Å²) in [6.07, 6.45) is 2.26. The third-order valence-electron chi connectivity index (χ3n) is 3.89. The molecule has 2 aromatic rings. The molecule has 0 N–H and O–H groups in total. The molecule has 5 nitrogen and oxygen atoms in total. The highest BCUT2D eigenvalue weighted by Crippen LogP contribution is 2.28. The van der Waals surface area contributed by atoms with E-state index in [0.717, 1.165) is 47.8 Å². The predicted octanol–water partition coefficient (Wildman–Crippen LogP) is 2.73. The fraction of sp³-hybridized carbons (Fsp3) is 0.467. The van der Waals surface area contributed by atoms with E-state index in [1.54, 1.807) is 0 Å². The Morgan fingerprint density at radius 3 is 2.64 bits per heavy atom. The lowest BCUT2D eigenvalue weighted by Crippen LogP contribution is -2.17. The number of anilines is 1. The molecule has 0 radical (unpaired) electrons.